The number of alkyl halides is 12. The lowest BCUT2D eigenvalue weighted by atomic mass is 9.90. The molecule has 0 bridgehead atoms. The van der Waals surface area contributed by atoms with Crippen LogP contribution in [-0.4, -0.2) is 0 Å². The summed E-state index contributed by atoms with van der Waals surface area (Å²) >= 11 is 0. The highest BCUT2D eigenvalue weighted by atomic mass is 31.1. The van der Waals surface area contributed by atoms with E-state index in [1.165, 1.54) is 12.1 Å². The number of fused-ring (bicyclic) bond motifs is 7. The summed E-state index contributed by atoms with van der Waals surface area (Å²) in [4.78, 5) is 0. The van der Waals surface area contributed by atoms with Crippen LogP contribution < -0.4 is 4.67 Å². The molecule has 0 aliphatic heterocycles. The van der Waals surface area contributed by atoms with Crippen LogP contribution in [0.3, 0.4) is 0 Å². The van der Waals surface area contributed by atoms with Crippen molar-refractivity contribution in [3.05, 3.63) is 191 Å². The highest BCUT2D eigenvalue weighted by Crippen LogP contribution is 2.53. The summed E-state index contributed by atoms with van der Waals surface area (Å²) in [6.07, 6.45) is -21.0. The SMILES string of the molecule is C[C@@H](c1ccccc1)N([C@@H](C)c1ccccc1)p1oc2c(-c3cc(C(F)(F)F)cc(C(F)(F)F)c3)cc3ccccc3c2c2c(o1)c(-c1cc(C(F)(F)F)cc(C(F)(F)F)c1)cc1ccccc12. The van der Waals surface area contributed by atoms with Crippen molar-refractivity contribution in [2.24, 2.45) is 0 Å². The Labute approximate surface area is 380 Å². The van der Waals surface area contributed by atoms with E-state index < -0.39 is 78.3 Å². The molecule has 8 aromatic carbocycles. The average molecular weight is 964 g/mol. The number of rotatable bonds is 7. The van der Waals surface area contributed by atoms with Crippen LogP contribution in [-0.2, 0) is 24.7 Å². The van der Waals surface area contributed by atoms with Crippen LogP contribution in [0.2, 0.25) is 0 Å². The Morgan fingerprint density at radius 3 is 1.03 bits per heavy atom. The van der Waals surface area contributed by atoms with Crippen molar-refractivity contribution in [1.82, 2.24) is 0 Å². The Bertz CT molecular complexity index is 3110. The van der Waals surface area contributed by atoms with Crippen molar-refractivity contribution < 1.29 is 61.1 Å². The third-order valence-corrected chi connectivity index (χ3v) is 13.7. The molecular formula is C52H34F12NO2P. The summed E-state index contributed by atoms with van der Waals surface area (Å²) < 4.78 is 191. The van der Waals surface area contributed by atoms with Gasteiger partial charge in [0.25, 0.3) is 0 Å². The molecule has 9 rings (SSSR count). The van der Waals surface area contributed by atoms with Crippen LogP contribution in [0, 0.1) is 0 Å². The van der Waals surface area contributed by atoms with Gasteiger partial charge in [-0.2, -0.15) is 57.4 Å². The van der Waals surface area contributed by atoms with Crippen LogP contribution in [0.1, 0.15) is 59.3 Å². The molecule has 0 radical (unpaired) electrons. The Morgan fingerprint density at radius 2 is 0.706 bits per heavy atom. The van der Waals surface area contributed by atoms with Crippen LogP contribution in [0.5, 0.6) is 0 Å². The zero-order chi connectivity index (χ0) is 48.5. The van der Waals surface area contributed by atoms with Crippen molar-refractivity contribution in [3.8, 4) is 22.3 Å². The molecule has 0 fully saturated rings. The van der Waals surface area contributed by atoms with Crippen LogP contribution in [0.25, 0.3) is 65.7 Å². The summed E-state index contributed by atoms with van der Waals surface area (Å²) in [5.41, 5.74) is -7.04. The van der Waals surface area contributed by atoms with Gasteiger partial charge in [-0.3, -0.25) is 0 Å². The van der Waals surface area contributed by atoms with E-state index in [0.29, 0.717) is 56.9 Å². The Balaban J connectivity index is 1.56. The highest BCUT2D eigenvalue weighted by molar-refractivity contribution is 7.39. The van der Waals surface area contributed by atoms with Crippen LogP contribution in [0.15, 0.2) is 166 Å². The minimum atomic E-state index is -5.24. The lowest BCUT2D eigenvalue weighted by molar-refractivity contribution is -0.144. The van der Waals surface area contributed by atoms with Gasteiger partial charge in [0.1, 0.15) is 0 Å². The van der Waals surface area contributed by atoms with Gasteiger partial charge in [0, 0.05) is 34.0 Å². The van der Waals surface area contributed by atoms with E-state index in [9.17, 15) is 52.7 Å². The van der Waals surface area contributed by atoms with E-state index in [-0.39, 0.29) is 45.2 Å². The van der Waals surface area contributed by atoms with E-state index in [4.69, 9.17) is 8.39 Å². The molecule has 0 spiro atoms. The first-order valence-corrected chi connectivity index (χ1v) is 22.0. The standard InChI is InChI=1S/C52H34F12NO2P/c1-29(31-13-5-3-6-14-31)65(30(2)32-15-7-4-8-16-32)68-66-47-43(35-21-37(49(53,54)55)27-38(22-35)50(56,57)58)25-33-17-9-11-19-41(33)45(47)46-42-20-12-10-18-34(42)26-44(48(46)67-68)36-23-39(51(59,60)61)28-40(24-36)52(62,63)64/h3-30H,1-2H3/t29-,30-/m0/s1. The first-order valence-electron chi connectivity index (χ1n) is 20.8. The van der Waals surface area contributed by atoms with Gasteiger partial charge in [-0.25, -0.2) is 0 Å². The second-order valence-corrected chi connectivity index (χ2v) is 17.6. The van der Waals surface area contributed by atoms with Gasteiger partial charge >= 0.3 is 32.9 Å². The first-order chi connectivity index (χ1) is 32.1. The maximum absolute atomic E-state index is 14.6. The molecule has 0 N–H and O–H groups in total. The van der Waals surface area contributed by atoms with E-state index >= 15 is 0 Å². The molecule has 0 unspecified atom stereocenters. The van der Waals surface area contributed by atoms with E-state index in [0.717, 1.165) is 0 Å². The Morgan fingerprint density at radius 1 is 0.397 bits per heavy atom. The first kappa shape index (κ1) is 46.4. The highest BCUT2D eigenvalue weighted by Gasteiger charge is 2.40. The summed E-state index contributed by atoms with van der Waals surface area (Å²) in [6, 6.07) is 34.4. The number of nitrogens with zero attached hydrogens (tertiary/aromatic N) is 1. The summed E-state index contributed by atoms with van der Waals surface area (Å²) in [5, 5.41) is 1.38. The smallest absolute Gasteiger partial charge is 0.407 e. The molecule has 16 heteroatoms. The van der Waals surface area contributed by atoms with Crippen LogP contribution >= 0.6 is 8.16 Å². The van der Waals surface area contributed by atoms with Crippen LogP contribution in [0.4, 0.5) is 52.7 Å². The van der Waals surface area contributed by atoms with E-state index in [1.807, 2.05) is 38.1 Å². The van der Waals surface area contributed by atoms with Gasteiger partial charge in [0.15, 0.2) is 11.2 Å². The summed E-state index contributed by atoms with van der Waals surface area (Å²) in [6.45, 7) is 3.62. The lowest BCUT2D eigenvalue weighted by Crippen LogP contribution is -2.27. The largest absolute Gasteiger partial charge is 0.416 e. The van der Waals surface area contributed by atoms with Gasteiger partial charge in [-0.1, -0.05) is 109 Å². The molecule has 2 atom stereocenters. The van der Waals surface area contributed by atoms with Crippen molar-refractivity contribution in [2.45, 2.75) is 50.6 Å². The van der Waals surface area contributed by atoms with Gasteiger partial charge < -0.3 is 8.39 Å². The van der Waals surface area contributed by atoms with Gasteiger partial charge in [-0.15, -0.1) is 0 Å². The van der Waals surface area contributed by atoms with Gasteiger partial charge in [0.05, 0.1) is 22.3 Å². The topological polar surface area (TPSA) is 29.5 Å². The fraction of sp³-hybridized carbons (Fsp3) is 0.154. The normalized spacial score (nSPS) is 13.8. The minimum absolute atomic E-state index is 0.00421. The summed E-state index contributed by atoms with van der Waals surface area (Å²) in [7, 11) is -2.76. The number of benzene rings is 8. The zero-order valence-corrected chi connectivity index (χ0v) is 36.3. The van der Waals surface area contributed by atoms with Crippen molar-refractivity contribution in [3.63, 3.8) is 0 Å². The van der Waals surface area contributed by atoms with E-state index in [2.05, 4.69) is 0 Å². The maximum atomic E-state index is 14.6. The molecule has 0 saturated heterocycles. The number of hydrogen-bond donors (Lipinski definition) is 0. The lowest BCUT2D eigenvalue weighted by Gasteiger charge is -2.32. The predicted octanol–water partition coefficient (Wildman–Crippen LogP) is 18.5. The Kier molecular flexibility index (Phi) is 11.7. The predicted molar refractivity (Wildman–Crippen MR) is 240 cm³/mol. The molecule has 0 saturated carbocycles. The fourth-order valence-corrected chi connectivity index (χ4v) is 10.4. The average Bonchev–Trinajstić information content (AvgIpc) is 3.48. The Hall–Kier alpha value is -6.70. The van der Waals surface area contributed by atoms with Crippen molar-refractivity contribution >= 4 is 51.6 Å². The molecule has 9 aromatic rings. The van der Waals surface area contributed by atoms with Gasteiger partial charge in [0.2, 0.25) is 0 Å². The molecule has 68 heavy (non-hydrogen) atoms. The molecule has 0 aliphatic carbocycles. The molecule has 1 heterocycles. The zero-order valence-electron chi connectivity index (χ0n) is 35.4. The summed E-state index contributed by atoms with van der Waals surface area (Å²) in [5.74, 6) is 0. The van der Waals surface area contributed by atoms with Crippen molar-refractivity contribution in [1.29, 1.82) is 0 Å². The fourth-order valence-electron chi connectivity index (χ4n) is 8.65. The van der Waals surface area contributed by atoms with E-state index in [1.54, 1.807) is 89.6 Å². The molecule has 0 amide bonds. The quantitative estimate of drug-likeness (QED) is 0.149. The molecule has 3 nitrogen and oxygen atoms in total. The minimum Gasteiger partial charge on any atom is -0.407 e. The molecular weight excluding hydrogens is 930 g/mol. The number of halogens is 12. The second-order valence-electron chi connectivity index (χ2n) is 16.3. The van der Waals surface area contributed by atoms with Gasteiger partial charge in [-0.05, 0) is 106 Å². The second kappa shape index (κ2) is 17.1. The third-order valence-electron chi connectivity index (χ3n) is 11.9. The maximum Gasteiger partial charge on any atom is 0.416 e. The third kappa shape index (κ3) is 8.80. The molecule has 1 aromatic heterocycles. The van der Waals surface area contributed by atoms with Crippen molar-refractivity contribution in [2.75, 3.05) is 4.67 Å². The number of hydrogen-bond acceptors (Lipinski definition) is 3. The molecule has 0 aliphatic rings. The molecule has 348 valence electrons. The monoisotopic (exact) mass is 963 g/mol.